The average Bonchev–Trinajstić information content (AvgIpc) is 3.37. The molecule has 4 aliphatic carbocycles. The summed E-state index contributed by atoms with van der Waals surface area (Å²) in [6, 6.07) is 3.76. The monoisotopic (exact) mass is 441 g/mol. The number of rotatable bonds is 8. The summed E-state index contributed by atoms with van der Waals surface area (Å²) in [5.74, 6) is 3.96. The fraction of sp³-hybridized carbons (Fsp3) is 0.625. The van der Waals surface area contributed by atoms with Crippen LogP contribution in [0.2, 0.25) is 0 Å². The fourth-order valence-electron chi connectivity index (χ4n) is 6.39. The average molecular weight is 442 g/mol. The Morgan fingerprint density at radius 1 is 1.13 bits per heavy atom. The number of aromatic nitrogens is 1. The van der Waals surface area contributed by atoms with Crippen molar-refractivity contribution in [3.63, 3.8) is 0 Å². The Kier molecular flexibility index (Phi) is 5.63. The van der Waals surface area contributed by atoms with E-state index in [4.69, 9.17) is 4.42 Å². The molecule has 7 heteroatoms. The number of amides is 2. The molecule has 31 heavy (non-hydrogen) atoms. The molecule has 2 aromatic rings. The zero-order chi connectivity index (χ0) is 21.4. The zero-order valence-corrected chi connectivity index (χ0v) is 18.9. The van der Waals surface area contributed by atoms with Gasteiger partial charge in [0.05, 0.1) is 11.6 Å². The lowest BCUT2D eigenvalue weighted by atomic mass is 9.49. The van der Waals surface area contributed by atoms with Crippen LogP contribution in [0, 0.1) is 30.1 Å². The van der Waals surface area contributed by atoms with Crippen LogP contribution in [0.5, 0.6) is 0 Å². The quantitative estimate of drug-likeness (QED) is 0.593. The van der Waals surface area contributed by atoms with Crippen molar-refractivity contribution >= 4 is 23.2 Å². The molecule has 0 unspecified atom stereocenters. The fourth-order valence-corrected chi connectivity index (χ4v) is 6.99. The minimum absolute atomic E-state index is 0.0218. The van der Waals surface area contributed by atoms with Gasteiger partial charge in [-0.2, -0.15) is 0 Å². The molecule has 0 saturated heterocycles. The van der Waals surface area contributed by atoms with Crippen LogP contribution in [0.4, 0.5) is 0 Å². The molecule has 0 aliphatic heterocycles. The third-order valence-electron chi connectivity index (χ3n) is 7.38. The van der Waals surface area contributed by atoms with Crippen LogP contribution in [-0.2, 0) is 16.1 Å². The smallest absolute Gasteiger partial charge is 0.226 e. The highest BCUT2D eigenvalue weighted by Crippen LogP contribution is 2.60. The van der Waals surface area contributed by atoms with Crippen LogP contribution in [0.15, 0.2) is 21.9 Å². The number of thiazole rings is 1. The van der Waals surface area contributed by atoms with Crippen LogP contribution in [-0.4, -0.2) is 23.3 Å². The molecule has 2 heterocycles. The molecule has 2 N–H and O–H groups in total. The summed E-state index contributed by atoms with van der Waals surface area (Å²) in [5.41, 5.74) is 0.721. The van der Waals surface area contributed by atoms with Crippen molar-refractivity contribution in [2.45, 2.75) is 64.8 Å². The van der Waals surface area contributed by atoms with Crippen LogP contribution < -0.4 is 10.6 Å². The second kappa shape index (κ2) is 8.41. The van der Waals surface area contributed by atoms with Gasteiger partial charge in [0.15, 0.2) is 5.76 Å². The van der Waals surface area contributed by atoms with Gasteiger partial charge in [-0.3, -0.25) is 9.59 Å². The van der Waals surface area contributed by atoms with Crippen LogP contribution in [0.3, 0.4) is 0 Å². The molecule has 0 radical (unpaired) electrons. The Balaban J connectivity index is 1.02. The molecular formula is C24H31N3O3S. The molecule has 6 rings (SSSR count). The molecule has 6 nitrogen and oxygen atoms in total. The molecule has 4 fully saturated rings. The predicted octanol–water partition coefficient (Wildman–Crippen LogP) is 4.44. The van der Waals surface area contributed by atoms with Crippen LogP contribution in [0.1, 0.15) is 62.1 Å². The van der Waals surface area contributed by atoms with Crippen LogP contribution in [0.25, 0.3) is 11.5 Å². The van der Waals surface area contributed by atoms with E-state index < -0.39 is 0 Å². The second-order valence-electron chi connectivity index (χ2n) is 9.85. The molecule has 4 bridgehead atoms. The lowest BCUT2D eigenvalue weighted by molar-refractivity contribution is -0.146. The molecule has 0 atom stereocenters. The van der Waals surface area contributed by atoms with Gasteiger partial charge in [0.1, 0.15) is 11.5 Å². The van der Waals surface area contributed by atoms with E-state index in [0.29, 0.717) is 31.7 Å². The van der Waals surface area contributed by atoms with E-state index in [0.717, 1.165) is 53.5 Å². The first-order valence-corrected chi connectivity index (χ1v) is 12.4. The van der Waals surface area contributed by atoms with Crippen molar-refractivity contribution in [3.8, 4) is 11.5 Å². The summed E-state index contributed by atoms with van der Waals surface area (Å²) in [6.07, 6.45) is 8.32. The molecule has 166 valence electrons. The number of hydrogen-bond acceptors (Lipinski definition) is 5. The number of nitrogens with zero attached hydrogens (tertiary/aromatic N) is 1. The number of carbonyl (C=O) groups excluding carboxylic acids is 2. The first kappa shape index (κ1) is 20.7. The van der Waals surface area contributed by atoms with E-state index >= 15 is 0 Å². The Hall–Kier alpha value is -2.15. The van der Waals surface area contributed by atoms with Crippen molar-refractivity contribution in [1.82, 2.24) is 15.6 Å². The zero-order valence-electron chi connectivity index (χ0n) is 18.1. The molecule has 2 aromatic heterocycles. The van der Waals surface area contributed by atoms with Gasteiger partial charge in [0, 0.05) is 23.8 Å². The van der Waals surface area contributed by atoms with E-state index in [2.05, 4.69) is 15.6 Å². The van der Waals surface area contributed by atoms with Gasteiger partial charge in [-0.15, -0.1) is 11.3 Å². The van der Waals surface area contributed by atoms with Gasteiger partial charge < -0.3 is 15.1 Å². The largest absolute Gasteiger partial charge is 0.458 e. The van der Waals surface area contributed by atoms with Crippen LogP contribution >= 0.6 is 11.3 Å². The summed E-state index contributed by atoms with van der Waals surface area (Å²) in [5, 5.41) is 9.01. The lowest BCUT2D eigenvalue weighted by Gasteiger charge is -2.55. The first-order valence-electron chi connectivity index (χ1n) is 11.6. The molecule has 4 aliphatic rings. The highest BCUT2D eigenvalue weighted by molar-refractivity contribution is 7.09. The number of furan rings is 1. The minimum atomic E-state index is -0.107. The van der Waals surface area contributed by atoms with Gasteiger partial charge in [-0.05, 0) is 81.8 Å². The van der Waals surface area contributed by atoms with E-state index in [1.807, 2.05) is 24.4 Å². The van der Waals surface area contributed by atoms with Crippen molar-refractivity contribution in [1.29, 1.82) is 0 Å². The second-order valence-corrected chi connectivity index (χ2v) is 10.9. The minimum Gasteiger partial charge on any atom is -0.458 e. The van der Waals surface area contributed by atoms with Gasteiger partial charge in [-0.25, -0.2) is 4.98 Å². The Labute approximate surface area is 187 Å². The third-order valence-corrected chi connectivity index (χ3v) is 8.15. The van der Waals surface area contributed by atoms with Gasteiger partial charge in [0.25, 0.3) is 0 Å². The summed E-state index contributed by atoms with van der Waals surface area (Å²) in [6.45, 7) is 2.90. The molecule has 4 saturated carbocycles. The summed E-state index contributed by atoms with van der Waals surface area (Å²) in [7, 11) is 0. The number of nitrogens with one attached hydrogen (secondary N) is 2. The highest BCUT2D eigenvalue weighted by atomic mass is 32.1. The molecule has 2 amide bonds. The number of aryl methyl sites for hydroxylation is 1. The Bertz CT molecular complexity index is 928. The predicted molar refractivity (Wildman–Crippen MR) is 119 cm³/mol. The lowest BCUT2D eigenvalue weighted by Crippen LogP contribution is -2.53. The molecular weight excluding hydrogens is 410 g/mol. The summed E-state index contributed by atoms with van der Waals surface area (Å²) in [4.78, 5) is 29.5. The Morgan fingerprint density at radius 3 is 2.48 bits per heavy atom. The van der Waals surface area contributed by atoms with E-state index in [-0.39, 0.29) is 17.2 Å². The van der Waals surface area contributed by atoms with Gasteiger partial charge >= 0.3 is 0 Å². The van der Waals surface area contributed by atoms with Crippen molar-refractivity contribution in [2.24, 2.45) is 23.2 Å². The van der Waals surface area contributed by atoms with E-state index in [1.165, 1.54) is 19.3 Å². The van der Waals surface area contributed by atoms with Crippen molar-refractivity contribution in [2.75, 3.05) is 6.54 Å². The highest BCUT2D eigenvalue weighted by Gasteiger charge is 2.54. The maximum Gasteiger partial charge on any atom is 0.226 e. The summed E-state index contributed by atoms with van der Waals surface area (Å²) < 4.78 is 5.78. The van der Waals surface area contributed by atoms with E-state index in [1.54, 1.807) is 11.3 Å². The van der Waals surface area contributed by atoms with E-state index in [9.17, 15) is 9.59 Å². The van der Waals surface area contributed by atoms with Gasteiger partial charge in [0.2, 0.25) is 11.8 Å². The number of hydrogen-bond donors (Lipinski definition) is 2. The standard InChI is InChI=1S/C24H31N3O3S/c1-15-27-20(14-31-15)21-5-4-19(30-21)13-26-22(28)3-2-6-25-23(29)24-10-16-7-17(11-24)9-18(8-16)12-24/h4-5,14,16-18H,2-3,6-13H2,1H3,(H,25,29)(H,26,28). The SMILES string of the molecule is Cc1nc(-c2ccc(CNC(=O)CCCNC(=O)C34CC5CC(CC(C5)C3)C4)o2)cs1. The molecule has 0 aromatic carbocycles. The molecule has 0 spiro atoms. The topological polar surface area (TPSA) is 84.2 Å². The van der Waals surface area contributed by atoms with Gasteiger partial charge in [-0.1, -0.05) is 0 Å². The maximum atomic E-state index is 12.9. The summed E-state index contributed by atoms with van der Waals surface area (Å²) >= 11 is 1.58. The normalized spacial score (nSPS) is 28.6. The Morgan fingerprint density at radius 2 is 1.84 bits per heavy atom. The maximum absolute atomic E-state index is 12.9. The first-order chi connectivity index (χ1) is 15.0. The third kappa shape index (κ3) is 4.43. The number of carbonyl (C=O) groups is 2. The van der Waals surface area contributed by atoms with Crippen molar-refractivity contribution < 1.29 is 14.0 Å². The van der Waals surface area contributed by atoms with Crippen molar-refractivity contribution in [3.05, 3.63) is 28.3 Å².